The van der Waals surface area contributed by atoms with E-state index in [0.717, 1.165) is 24.9 Å². The molecule has 2 atom stereocenters. The highest BCUT2D eigenvalue weighted by atomic mass is 15.2. The zero-order chi connectivity index (χ0) is 41.5. The smallest absolute Gasteiger partial charge is 0.0740 e. The highest BCUT2D eigenvalue weighted by Gasteiger charge is 2.60. The molecule has 5 aliphatic carbocycles. The molecule has 0 aliphatic heterocycles. The Labute approximate surface area is 370 Å². The van der Waals surface area contributed by atoms with Crippen LogP contribution in [0, 0.1) is 0 Å². The maximum atomic E-state index is 2.59. The Morgan fingerprint density at radius 1 is 0.444 bits per heavy atom. The molecule has 8 aromatic rings. The molecular weight excluding hydrogens is 759 g/mol. The summed E-state index contributed by atoms with van der Waals surface area (Å²) >= 11 is 0. The van der Waals surface area contributed by atoms with Gasteiger partial charge in [-0.15, -0.1) is 0 Å². The summed E-state index contributed by atoms with van der Waals surface area (Å²) in [6, 6.07) is 75.6. The van der Waals surface area contributed by atoms with E-state index in [1.54, 1.807) is 0 Å². The third-order valence-electron chi connectivity index (χ3n) is 14.8. The molecule has 298 valence electrons. The fraction of sp³-hybridized carbons (Fsp3) is 0.0968. The van der Waals surface area contributed by atoms with Crippen molar-refractivity contribution in [3.8, 4) is 22.3 Å². The quantitative estimate of drug-likeness (QED) is 0.168. The van der Waals surface area contributed by atoms with Crippen LogP contribution in [0.25, 0.3) is 27.8 Å². The van der Waals surface area contributed by atoms with Crippen molar-refractivity contribution in [3.63, 3.8) is 0 Å². The molecule has 0 heterocycles. The minimum Gasteiger partial charge on any atom is -0.310 e. The molecule has 0 bridgehead atoms. The predicted molar refractivity (Wildman–Crippen MR) is 260 cm³/mol. The van der Waals surface area contributed by atoms with Gasteiger partial charge >= 0.3 is 0 Å². The molecule has 8 aromatic carbocycles. The summed E-state index contributed by atoms with van der Waals surface area (Å²) in [6.45, 7) is 0. The SMILES string of the molecule is C1=CC2=C(CC1)[C@@]1(c3ccccc32)c2ccccc2C2(c3ccccc3-c3ccccc32)c2c(N(C3=CCC(c4ccccc4)C=C3)c3ccc(-c4ccccc4)cc3)cccc21. The molecule has 0 fully saturated rings. The zero-order valence-electron chi connectivity index (χ0n) is 35.1. The van der Waals surface area contributed by atoms with Gasteiger partial charge in [-0.05, 0) is 121 Å². The van der Waals surface area contributed by atoms with Crippen molar-refractivity contribution in [2.75, 3.05) is 4.90 Å². The summed E-state index contributed by atoms with van der Waals surface area (Å²) in [5.41, 5.74) is 22.8. The van der Waals surface area contributed by atoms with Crippen LogP contribution in [0.15, 0.2) is 242 Å². The van der Waals surface area contributed by atoms with Gasteiger partial charge in [0.25, 0.3) is 0 Å². The fourth-order valence-corrected chi connectivity index (χ4v) is 12.4. The van der Waals surface area contributed by atoms with Crippen LogP contribution in [0.4, 0.5) is 11.4 Å². The van der Waals surface area contributed by atoms with Crippen molar-refractivity contribution < 1.29 is 0 Å². The number of nitrogens with zero attached hydrogens (tertiary/aromatic N) is 1. The number of benzene rings is 8. The molecule has 0 N–H and O–H groups in total. The van der Waals surface area contributed by atoms with Gasteiger partial charge in [0.05, 0.1) is 16.5 Å². The Bertz CT molecular complexity index is 3210. The van der Waals surface area contributed by atoms with E-state index < -0.39 is 10.8 Å². The number of hydrogen-bond donors (Lipinski definition) is 0. The van der Waals surface area contributed by atoms with Gasteiger partial charge in [0.15, 0.2) is 0 Å². The molecule has 1 nitrogen and oxygen atoms in total. The van der Waals surface area contributed by atoms with Crippen LogP contribution in [-0.2, 0) is 10.8 Å². The number of anilines is 2. The molecule has 0 saturated carbocycles. The van der Waals surface area contributed by atoms with Crippen LogP contribution in [0.1, 0.15) is 75.3 Å². The lowest BCUT2D eigenvalue weighted by atomic mass is 9.51. The number of rotatable bonds is 5. The predicted octanol–water partition coefficient (Wildman–Crippen LogP) is 15.2. The molecule has 0 saturated heterocycles. The second kappa shape index (κ2) is 14.0. The Balaban J connectivity index is 1.15. The molecule has 1 unspecified atom stereocenters. The molecule has 13 rings (SSSR count). The third-order valence-corrected chi connectivity index (χ3v) is 14.8. The van der Waals surface area contributed by atoms with Crippen LogP contribution in [0.2, 0.25) is 0 Å². The maximum Gasteiger partial charge on any atom is 0.0740 e. The van der Waals surface area contributed by atoms with Crippen molar-refractivity contribution >= 4 is 16.9 Å². The van der Waals surface area contributed by atoms with E-state index in [2.05, 4.69) is 235 Å². The molecule has 2 spiro atoms. The largest absolute Gasteiger partial charge is 0.310 e. The minimum absolute atomic E-state index is 0.316. The van der Waals surface area contributed by atoms with Gasteiger partial charge < -0.3 is 4.90 Å². The average molecular weight is 804 g/mol. The van der Waals surface area contributed by atoms with E-state index in [4.69, 9.17) is 0 Å². The monoisotopic (exact) mass is 803 g/mol. The Morgan fingerprint density at radius 2 is 1.00 bits per heavy atom. The average Bonchev–Trinajstić information content (AvgIpc) is 3.83. The van der Waals surface area contributed by atoms with Crippen LogP contribution < -0.4 is 4.90 Å². The standard InChI is InChI=1S/C62H45N/c1-3-18-42(19-4-1)44-34-38-46(39-35-44)63(47-40-36-45(37-41-47)43-20-5-2-6-21-43)59-33-17-32-58-60(59)62(54-28-13-9-24-50(54)51-25-10-14-29-55(51)62)57-31-16-15-30-56(57)61(58)52-26-11-7-22-48(52)49-23-8-12-27-53(49)61/h1-11,13-26,28-36,38-41,45H,12,27,37H2/t45?,61-/m0/s1. The first-order valence-corrected chi connectivity index (χ1v) is 22.6. The lowest BCUT2D eigenvalue weighted by Crippen LogP contribution is -2.45. The van der Waals surface area contributed by atoms with Crippen LogP contribution in [-0.4, -0.2) is 0 Å². The van der Waals surface area contributed by atoms with Gasteiger partial charge in [-0.2, -0.15) is 0 Å². The first kappa shape index (κ1) is 36.2. The summed E-state index contributed by atoms with van der Waals surface area (Å²) < 4.78 is 0. The van der Waals surface area contributed by atoms with Gasteiger partial charge in [-0.1, -0.05) is 206 Å². The second-order valence-corrected chi connectivity index (χ2v) is 17.7. The van der Waals surface area contributed by atoms with Gasteiger partial charge in [0.1, 0.15) is 0 Å². The van der Waals surface area contributed by atoms with E-state index in [-0.39, 0.29) is 0 Å². The van der Waals surface area contributed by atoms with Gasteiger partial charge in [-0.25, -0.2) is 0 Å². The van der Waals surface area contributed by atoms with Crippen LogP contribution in [0.3, 0.4) is 0 Å². The summed E-state index contributed by atoms with van der Waals surface area (Å²) in [7, 11) is 0. The lowest BCUT2D eigenvalue weighted by Gasteiger charge is -2.51. The second-order valence-electron chi connectivity index (χ2n) is 17.7. The molecule has 1 heteroatoms. The first-order chi connectivity index (χ1) is 31.3. The Hall–Kier alpha value is -7.48. The maximum absolute atomic E-state index is 2.59. The Kier molecular flexibility index (Phi) is 8.06. The normalized spacial score (nSPS) is 19.2. The van der Waals surface area contributed by atoms with E-state index >= 15 is 0 Å². The van der Waals surface area contributed by atoms with E-state index in [0.29, 0.717) is 5.92 Å². The van der Waals surface area contributed by atoms with Crippen LogP contribution in [0.5, 0.6) is 0 Å². The summed E-state index contributed by atoms with van der Waals surface area (Å²) in [5, 5.41) is 0. The van der Waals surface area contributed by atoms with E-state index in [9.17, 15) is 0 Å². The topological polar surface area (TPSA) is 3.24 Å². The number of fused-ring (bicyclic) bond motifs is 15. The lowest BCUT2D eigenvalue weighted by molar-refractivity contribution is 0.606. The third kappa shape index (κ3) is 4.99. The van der Waals surface area contributed by atoms with Crippen molar-refractivity contribution in [3.05, 3.63) is 292 Å². The summed E-state index contributed by atoms with van der Waals surface area (Å²) in [5.74, 6) is 0.316. The van der Waals surface area contributed by atoms with Gasteiger partial charge in [0.2, 0.25) is 0 Å². The molecule has 63 heavy (non-hydrogen) atoms. The molecule has 5 aliphatic rings. The van der Waals surface area contributed by atoms with Gasteiger partial charge in [-0.3, -0.25) is 0 Å². The van der Waals surface area contributed by atoms with E-state index in [1.165, 1.54) is 94.9 Å². The summed E-state index contributed by atoms with van der Waals surface area (Å²) in [6.07, 6.45) is 15.1. The van der Waals surface area contributed by atoms with Crippen LogP contribution >= 0.6 is 0 Å². The van der Waals surface area contributed by atoms with Crippen molar-refractivity contribution in [1.29, 1.82) is 0 Å². The Morgan fingerprint density at radius 3 is 1.67 bits per heavy atom. The van der Waals surface area contributed by atoms with Crippen molar-refractivity contribution in [2.45, 2.75) is 36.0 Å². The van der Waals surface area contributed by atoms with Crippen molar-refractivity contribution in [2.24, 2.45) is 0 Å². The number of allylic oxidation sites excluding steroid dienone is 7. The number of hydrogen-bond acceptors (Lipinski definition) is 1. The molecular formula is C62H45N. The highest BCUT2D eigenvalue weighted by Crippen LogP contribution is 2.69. The zero-order valence-corrected chi connectivity index (χ0v) is 35.1. The summed E-state index contributed by atoms with van der Waals surface area (Å²) in [4.78, 5) is 2.59. The molecule has 0 amide bonds. The highest BCUT2D eigenvalue weighted by molar-refractivity contribution is 5.97. The van der Waals surface area contributed by atoms with Crippen molar-refractivity contribution in [1.82, 2.24) is 0 Å². The van der Waals surface area contributed by atoms with E-state index in [1.807, 2.05) is 0 Å². The molecule has 0 radical (unpaired) electrons. The minimum atomic E-state index is -0.600. The molecule has 0 aromatic heterocycles. The van der Waals surface area contributed by atoms with Gasteiger partial charge in [0, 0.05) is 22.9 Å². The fourth-order valence-electron chi connectivity index (χ4n) is 12.4. The first-order valence-electron chi connectivity index (χ1n) is 22.6.